The van der Waals surface area contributed by atoms with Crippen LogP contribution in [-0.4, -0.2) is 53.6 Å². The van der Waals surface area contributed by atoms with Crippen LogP contribution in [0, 0.1) is 0 Å². The van der Waals surface area contributed by atoms with E-state index in [1.165, 1.54) is 16.0 Å². The van der Waals surface area contributed by atoms with Crippen molar-refractivity contribution in [2.75, 3.05) is 43.1 Å². The van der Waals surface area contributed by atoms with Gasteiger partial charge in [0.05, 0.1) is 24.5 Å². The molecule has 1 amide bonds. The smallest absolute Gasteiger partial charge is 0.294 e. The van der Waals surface area contributed by atoms with Crippen molar-refractivity contribution in [3.63, 3.8) is 0 Å². The highest BCUT2D eigenvalue weighted by Gasteiger charge is 2.22. The number of rotatable bonds is 7. The first-order chi connectivity index (χ1) is 17.1. The molecule has 1 aliphatic rings. The lowest BCUT2D eigenvalue weighted by Crippen LogP contribution is -2.36. The molecule has 4 aromatic rings. The van der Waals surface area contributed by atoms with Crippen molar-refractivity contribution in [3.8, 4) is 17.0 Å². The SMILES string of the molecule is CCOc1ccc(NC(=O)Cn2nc(-c3ccccc3)c3sc(N4CCOCC4)nc3c2=O)cc1. The van der Waals surface area contributed by atoms with Crippen molar-refractivity contribution in [2.45, 2.75) is 13.5 Å². The molecule has 1 N–H and O–H groups in total. The first-order valence-electron chi connectivity index (χ1n) is 11.4. The van der Waals surface area contributed by atoms with Gasteiger partial charge in [-0.3, -0.25) is 9.59 Å². The molecular formula is C25H25N5O4S. The lowest BCUT2D eigenvalue weighted by Gasteiger charge is -2.25. The third-order valence-electron chi connectivity index (χ3n) is 5.56. The summed E-state index contributed by atoms with van der Waals surface area (Å²) in [6.07, 6.45) is 0. The number of hydrogen-bond donors (Lipinski definition) is 1. The summed E-state index contributed by atoms with van der Waals surface area (Å²) in [7, 11) is 0. The number of hydrogen-bond acceptors (Lipinski definition) is 8. The Morgan fingerprint density at radius 2 is 1.86 bits per heavy atom. The molecule has 180 valence electrons. The molecule has 5 rings (SSSR count). The molecule has 2 aromatic heterocycles. The highest BCUT2D eigenvalue weighted by atomic mass is 32.1. The van der Waals surface area contributed by atoms with Crippen molar-refractivity contribution in [1.29, 1.82) is 0 Å². The Bertz CT molecular complexity index is 1380. The number of nitrogens with one attached hydrogen (secondary N) is 1. The summed E-state index contributed by atoms with van der Waals surface area (Å²) in [6, 6.07) is 16.7. The van der Waals surface area contributed by atoms with Crippen molar-refractivity contribution < 1.29 is 14.3 Å². The van der Waals surface area contributed by atoms with Crippen LogP contribution in [-0.2, 0) is 16.1 Å². The lowest BCUT2D eigenvalue weighted by atomic mass is 10.1. The average Bonchev–Trinajstić information content (AvgIpc) is 3.34. The zero-order valence-electron chi connectivity index (χ0n) is 19.3. The van der Waals surface area contributed by atoms with Crippen LogP contribution in [0.25, 0.3) is 21.5 Å². The van der Waals surface area contributed by atoms with Crippen LogP contribution in [0.15, 0.2) is 59.4 Å². The van der Waals surface area contributed by atoms with E-state index in [2.05, 4.69) is 20.3 Å². The Balaban J connectivity index is 1.48. The van der Waals surface area contributed by atoms with Gasteiger partial charge in [-0.15, -0.1) is 0 Å². The van der Waals surface area contributed by atoms with Crippen molar-refractivity contribution >= 4 is 38.3 Å². The van der Waals surface area contributed by atoms with Crippen LogP contribution in [0.1, 0.15) is 6.92 Å². The van der Waals surface area contributed by atoms with E-state index in [0.29, 0.717) is 54.5 Å². The van der Waals surface area contributed by atoms with Gasteiger partial charge >= 0.3 is 0 Å². The van der Waals surface area contributed by atoms with Gasteiger partial charge in [0.1, 0.15) is 18.0 Å². The Kier molecular flexibility index (Phi) is 6.73. The molecule has 0 bridgehead atoms. The Morgan fingerprint density at radius 3 is 2.57 bits per heavy atom. The minimum Gasteiger partial charge on any atom is -0.494 e. The maximum Gasteiger partial charge on any atom is 0.294 e. The second kappa shape index (κ2) is 10.2. The standard InChI is InChI=1S/C25H25N5O4S/c1-2-34-19-10-8-18(9-11-19)26-20(31)16-30-24(32)22-23(21(28-30)17-6-4-3-5-7-17)35-25(27-22)29-12-14-33-15-13-29/h3-11H,2,12-16H2,1H3,(H,26,31). The summed E-state index contributed by atoms with van der Waals surface area (Å²) < 4.78 is 12.8. The normalized spacial score (nSPS) is 13.7. The van der Waals surface area contributed by atoms with Gasteiger partial charge in [-0.2, -0.15) is 5.10 Å². The summed E-state index contributed by atoms with van der Waals surface area (Å²) in [6.45, 7) is 4.92. The molecule has 0 aliphatic carbocycles. The van der Waals surface area contributed by atoms with Gasteiger partial charge in [-0.25, -0.2) is 9.67 Å². The average molecular weight is 492 g/mol. The van der Waals surface area contributed by atoms with Crippen molar-refractivity contribution in [3.05, 3.63) is 65.0 Å². The second-order valence-electron chi connectivity index (χ2n) is 7.96. The molecule has 2 aromatic carbocycles. The molecule has 0 spiro atoms. The molecule has 0 unspecified atom stereocenters. The van der Waals surface area contributed by atoms with E-state index in [1.807, 2.05) is 37.3 Å². The number of carbonyl (C=O) groups excluding carboxylic acids is 1. The predicted octanol–water partition coefficient (Wildman–Crippen LogP) is 3.39. The van der Waals surface area contributed by atoms with Gasteiger partial charge < -0.3 is 19.7 Å². The summed E-state index contributed by atoms with van der Waals surface area (Å²) in [4.78, 5) is 32.9. The van der Waals surface area contributed by atoms with E-state index in [1.54, 1.807) is 24.3 Å². The third-order valence-corrected chi connectivity index (χ3v) is 6.68. The fourth-order valence-corrected chi connectivity index (χ4v) is 4.98. The van der Waals surface area contributed by atoms with Gasteiger partial charge in [-0.05, 0) is 31.2 Å². The van der Waals surface area contributed by atoms with E-state index in [9.17, 15) is 9.59 Å². The van der Waals surface area contributed by atoms with Crippen LogP contribution in [0.4, 0.5) is 10.8 Å². The van der Waals surface area contributed by atoms with E-state index >= 15 is 0 Å². The predicted molar refractivity (Wildman–Crippen MR) is 136 cm³/mol. The third kappa shape index (κ3) is 5.03. The fourth-order valence-electron chi connectivity index (χ4n) is 3.87. The zero-order chi connectivity index (χ0) is 24.2. The maximum atomic E-state index is 13.3. The Morgan fingerprint density at radius 1 is 1.11 bits per heavy atom. The van der Waals surface area contributed by atoms with Gasteiger partial charge in [-0.1, -0.05) is 41.7 Å². The number of benzene rings is 2. The van der Waals surface area contributed by atoms with Crippen LogP contribution >= 0.6 is 11.3 Å². The van der Waals surface area contributed by atoms with E-state index in [4.69, 9.17) is 9.47 Å². The molecule has 10 heteroatoms. The summed E-state index contributed by atoms with van der Waals surface area (Å²) in [5, 5.41) is 8.18. The summed E-state index contributed by atoms with van der Waals surface area (Å²) in [5.41, 5.74) is 2.03. The summed E-state index contributed by atoms with van der Waals surface area (Å²) >= 11 is 1.45. The number of aromatic nitrogens is 3. The minimum atomic E-state index is -0.391. The van der Waals surface area contributed by atoms with E-state index in [-0.39, 0.29) is 12.5 Å². The van der Waals surface area contributed by atoms with Gasteiger partial charge in [0.15, 0.2) is 10.6 Å². The number of carbonyl (C=O) groups is 1. The first-order valence-corrected chi connectivity index (χ1v) is 12.3. The molecule has 0 radical (unpaired) electrons. The quantitative estimate of drug-likeness (QED) is 0.423. The molecule has 3 heterocycles. The van der Waals surface area contributed by atoms with E-state index < -0.39 is 5.56 Å². The molecule has 1 fully saturated rings. The van der Waals surface area contributed by atoms with Crippen LogP contribution in [0.2, 0.25) is 0 Å². The van der Waals surface area contributed by atoms with Crippen molar-refractivity contribution in [2.24, 2.45) is 0 Å². The molecule has 9 nitrogen and oxygen atoms in total. The molecular weight excluding hydrogens is 466 g/mol. The molecule has 0 saturated carbocycles. The maximum absolute atomic E-state index is 13.3. The van der Waals surface area contributed by atoms with Crippen LogP contribution in [0.5, 0.6) is 5.75 Å². The minimum absolute atomic E-state index is 0.230. The number of nitrogens with zero attached hydrogens (tertiary/aromatic N) is 4. The number of ether oxygens (including phenoxy) is 2. The number of fused-ring (bicyclic) bond motifs is 1. The van der Waals surface area contributed by atoms with E-state index in [0.717, 1.165) is 16.4 Å². The highest BCUT2D eigenvalue weighted by molar-refractivity contribution is 7.22. The molecule has 0 atom stereocenters. The van der Waals surface area contributed by atoms with Crippen LogP contribution < -0.4 is 20.5 Å². The van der Waals surface area contributed by atoms with Gasteiger partial charge in [0.25, 0.3) is 5.56 Å². The first kappa shape index (κ1) is 23.0. The van der Waals surface area contributed by atoms with Gasteiger partial charge in [0, 0.05) is 24.3 Å². The van der Waals surface area contributed by atoms with Gasteiger partial charge in [0.2, 0.25) is 5.91 Å². The number of morpholine rings is 1. The second-order valence-corrected chi connectivity index (χ2v) is 8.93. The highest BCUT2D eigenvalue weighted by Crippen LogP contribution is 2.34. The largest absolute Gasteiger partial charge is 0.494 e. The molecule has 1 saturated heterocycles. The monoisotopic (exact) mass is 491 g/mol. The molecule has 1 aliphatic heterocycles. The Labute approximate surface area is 205 Å². The Hall–Kier alpha value is -3.76. The van der Waals surface area contributed by atoms with Crippen LogP contribution in [0.3, 0.4) is 0 Å². The summed E-state index contributed by atoms with van der Waals surface area (Å²) in [5.74, 6) is 0.367. The van der Waals surface area contributed by atoms with Crippen molar-refractivity contribution in [1.82, 2.24) is 14.8 Å². The lowest BCUT2D eigenvalue weighted by molar-refractivity contribution is -0.117. The number of amides is 1. The molecule has 35 heavy (non-hydrogen) atoms. The zero-order valence-corrected chi connectivity index (χ0v) is 20.1. The number of anilines is 2. The topological polar surface area (TPSA) is 98.6 Å². The fraction of sp³-hybridized carbons (Fsp3) is 0.280. The number of thiazole rings is 1.